The first-order valence-corrected chi connectivity index (χ1v) is 11.1. The molecule has 0 atom stereocenters. The van der Waals surface area contributed by atoms with Crippen LogP contribution in [0.5, 0.6) is 11.5 Å². The van der Waals surface area contributed by atoms with Crippen LogP contribution in [-0.4, -0.2) is 35.2 Å². The van der Waals surface area contributed by atoms with E-state index in [1.807, 2.05) is 6.07 Å². The fourth-order valence-electron chi connectivity index (χ4n) is 4.48. The van der Waals surface area contributed by atoms with E-state index in [1.165, 1.54) is 13.2 Å². The van der Waals surface area contributed by atoms with Crippen LogP contribution < -0.4 is 10.1 Å². The van der Waals surface area contributed by atoms with Crippen LogP contribution in [0.15, 0.2) is 54.6 Å². The van der Waals surface area contributed by atoms with Gasteiger partial charge in [-0.25, -0.2) is 4.98 Å². The molecule has 0 bridgehead atoms. The highest BCUT2D eigenvalue weighted by Crippen LogP contribution is 2.39. The molecule has 8 heteroatoms. The van der Waals surface area contributed by atoms with Gasteiger partial charge in [-0.05, 0) is 80.5 Å². The van der Waals surface area contributed by atoms with Gasteiger partial charge in [0.05, 0.1) is 29.4 Å². The number of ether oxygens (including phenoxy) is 1. The maximum absolute atomic E-state index is 13.5. The summed E-state index contributed by atoms with van der Waals surface area (Å²) in [6.07, 6.45) is -2.20. The Kier molecular flexibility index (Phi) is 5.69. The summed E-state index contributed by atoms with van der Waals surface area (Å²) >= 11 is 0. The first-order chi connectivity index (χ1) is 16.3. The molecule has 34 heavy (non-hydrogen) atoms. The van der Waals surface area contributed by atoms with Crippen LogP contribution in [0, 0.1) is 0 Å². The zero-order chi connectivity index (χ0) is 23.9. The van der Waals surface area contributed by atoms with E-state index in [9.17, 15) is 18.3 Å². The number of fused-ring (bicyclic) bond motifs is 2. The fourth-order valence-corrected chi connectivity index (χ4v) is 4.48. The zero-order valence-electron chi connectivity index (χ0n) is 18.6. The van der Waals surface area contributed by atoms with Crippen molar-refractivity contribution in [3.63, 3.8) is 0 Å². The third kappa shape index (κ3) is 4.33. The molecule has 2 heterocycles. The Morgan fingerprint density at radius 3 is 2.38 bits per heavy atom. The third-order valence-electron chi connectivity index (χ3n) is 6.25. The summed E-state index contributed by atoms with van der Waals surface area (Å²) < 4.78 is 45.9. The van der Waals surface area contributed by atoms with E-state index in [0.717, 1.165) is 43.6 Å². The van der Waals surface area contributed by atoms with Crippen molar-refractivity contribution in [1.82, 2.24) is 9.88 Å². The average Bonchev–Trinajstić information content (AvgIpc) is 3.33. The van der Waals surface area contributed by atoms with Crippen LogP contribution in [0.2, 0.25) is 0 Å². The standard InChI is InChI=1S/C26H24F3N3O2/c1-34-19-6-8-23-21(14-19)25(20-13-17(26(27,28)29)4-7-22(20)31-23)30-18-5-9-24(33)16(12-18)15-32-10-2-3-11-32/h4-9,12-14,33H,2-3,10-11,15H2,1H3,(H,30,31). The number of alkyl halides is 3. The number of aromatic nitrogens is 1. The van der Waals surface area contributed by atoms with E-state index in [-0.39, 0.29) is 5.75 Å². The first-order valence-electron chi connectivity index (χ1n) is 11.1. The molecule has 5 rings (SSSR count). The second-order valence-electron chi connectivity index (χ2n) is 8.55. The van der Waals surface area contributed by atoms with E-state index in [2.05, 4.69) is 15.2 Å². The number of pyridine rings is 1. The van der Waals surface area contributed by atoms with Crippen molar-refractivity contribution in [1.29, 1.82) is 0 Å². The van der Waals surface area contributed by atoms with E-state index < -0.39 is 11.7 Å². The van der Waals surface area contributed by atoms with E-state index >= 15 is 0 Å². The molecule has 176 valence electrons. The molecule has 3 aromatic carbocycles. The molecule has 0 saturated carbocycles. The molecule has 2 N–H and O–H groups in total. The minimum Gasteiger partial charge on any atom is -0.508 e. The fraction of sp³-hybridized carbons (Fsp3) is 0.269. The van der Waals surface area contributed by atoms with Crippen LogP contribution in [0.1, 0.15) is 24.0 Å². The highest BCUT2D eigenvalue weighted by Gasteiger charge is 2.31. The summed E-state index contributed by atoms with van der Waals surface area (Å²) in [6.45, 7) is 2.58. The number of hydrogen-bond acceptors (Lipinski definition) is 5. The molecule has 1 fully saturated rings. The lowest BCUT2D eigenvalue weighted by Gasteiger charge is -2.18. The molecule has 1 aliphatic rings. The summed E-state index contributed by atoms with van der Waals surface area (Å²) in [5.74, 6) is 0.770. The second kappa shape index (κ2) is 8.68. The zero-order valence-corrected chi connectivity index (χ0v) is 18.6. The number of anilines is 2. The van der Waals surface area contributed by atoms with Crippen molar-refractivity contribution < 1.29 is 23.0 Å². The number of likely N-dealkylation sites (tertiary alicyclic amines) is 1. The van der Waals surface area contributed by atoms with Gasteiger partial charge in [0, 0.05) is 28.6 Å². The highest BCUT2D eigenvalue weighted by atomic mass is 19.4. The second-order valence-corrected chi connectivity index (χ2v) is 8.55. The number of nitrogens with one attached hydrogen (secondary N) is 1. The lowest BCUT2D eigenvalue weighted by molar-refractivity contribution is -0.137. The molecule has 1 saturated heterocycles. The van der Waals surface area contributed by atoms with Crippen LogP contribution in [0.4, 0.5) is 24.5 Å². The molecule has 0 amide bonds. The van der Waals surface area contributed by atoms with Gasteiger partial charge in [0.15, 0.2) is 0 Å². The van der Waals surface area contributed by atoms with Crippen molar-refractivity contribution in [2.75, 3.05) is 25.5 Å². The molecular formula is C26H24F3N3O2. The summed E-state index contributed by atoms with van der Waals surface area (Å²) in [6, 6.07) is 14.0. The Hall–Kier alpha value is -3.52. The number of aromatic hydroxyl groups is 1. The molecular weight excluding hydrogens is 443 g/mol. The smallest absolute Gasteiger partial charge is 0.416 e. The summed E-state index contributed by atoms with van der Waals surface area (Å²) in [4.78, 5) is 6.84. The number of rotatable bonds is 5. The largest absolute Gasteiger partial charge is 0.508 e. The average molecular weight is 467 g/mol. The van der Waals surface area contributed by atoms with Gasteiger partial charge in [-0.15, -0.1) is 0 Å². The molecule has 1 aromatic heterocycles. The van der Waals surface area contributed by atoms with Gasteiger partial charge in [0.25, 0.3) is 0 Å². The minimum atomic E-state index is -4.48. The molecule has 5 nitrogen and oxygen atoms in total. The summed E-state index contributed by atoms with van der Waals surface area (Å²) in [5.41, 5.74) is 2.27. The van der Waals surface area contributed by atoms with Crippen LogP contribution >= 0.6 is 0 Å². The molecule has 0 unspecified atom stereocenters. The molecule has 0 radical (unpaired) electrons. The Bertz CT molecular complexity index is 1370. The Labute approximate surface area is 194 Å². The van der Waals surface area contributed by atoms with Gasteiger partial charge in [0.1, 0.15) is 11.5 Å². The Balaban J connectivity index is 1.65. The number of phenolic OH excluding ortho intramolecular Hbond substituents is 1. The minimum absolute atomic E-state index is 0.197. The van der Waals surface area contributed by atoms with Crippen LogP contribution in [0.3, 0.4) is 0 Å². The van der Waals surface area contributed by atoms with Gasteiger partial charge in [0.2, 0.25) is 0 Å². The molecule has 0 spiro atoms. The van der Waals surface area contributed by atoms with Crippen LogP contribution in [0.25, 0.3) is 21.8 Å². The normalized spacial score (nSPS) is 14.7. The van der Waals surface area contributed by atoms with Gasteiger partial charge >= 0.3 is 6.18 Å². The Morgan fingerprint density at radius 2 is 1.68 bits per heavy atom. The van der Waals surface area contributed by atoms with Gasteiger partial charge < -0.3 is 15.2 Å². The highest BCUT2D eigenvalue weighted by molar-refractivity contribution is 6.09. The molecule has 0 aliphatic carbocycles. The number of hydrogen-bond donors (Lipinski definition) is 2. The Morgan fingerprint density at radius 1 is 0.971 bits per heavy atom. The maximum atomic E-state index is 13.5. The van der Waals surface area contributed by atoms with Crippen molar-refractivity contribution in [3.8, 4) is 11.5 Å². The van der Waals surface area contributed by atoms with Crippen molar-refractivity contribution >= 4 is 33.2 Å². The third-order valence-corrected chi connectivity index (χ3v) is 6.25. The molecule has 4 aromatic rings. The number of phenols is 1. The first kappa shape index (κ1) is 22.3. The number of methoxy groups -OCH3 is 1. The van der Waals surface area contributed by atoms with Crippen LogP contribution in [-0.2, 0) is 12.7 Å². The number of benzene rings is 3. The number of halogens is 3. The maximum Gasteiger partial charge on any atom is 0.416 e. The van der Waals surface area contributed by atoms with E-state index in [0.29, 0.717) is 45.5 Å². The van der Waals surface area contributed by atoms with E-state index in [4.69, 9.17) is 4.74 Å². The van der Waals surface area contributed by atoms with Crippen molar-refractivity contribution in [2.45, 2.75) is 25.6 Å². The molecule has 1 aliphatic heterocycles. The summed E-state index contributed by atoms with van der Waals surface area (Å²) in [5, 5.41) is 14.7. The van der Waals surface area contributed by atoms with Crippen molar-refractivity contribution in [2.24, 2.45) is 0 Å². The monoisotopic (exact) mass is 467 g/mol. The summed E-state index contributed by atoms with van der Waals surface area (Å²) in [7, 11) is 1.54. The van der Waals surface area contributed by atoms with E-state index in [1.54, 1.807) is 30.3 Å². The topological polar surface area (TPSA) is 57.6 Å². The predicted octanol–water partition coefficient (Wildman–Crippen LogP) is 6.46. The number of nitrogens with zero attached hydrogens (tertiary/aromatic N) is 2. The predicted molar refractivity (Wildman–Crippen MR) is 127 cm³/mol. The lowest BCUT2D eigenvalue weighted by atomic mass is 10.0. The van der Waals surface area contributed by atoms with Gasteiger partial charge in [-0.3, -0.25) is 4.90 Å². The van der Waals surface area contributed by atoms with Crippen molar-refractivity contribution in [3.05, 3.63) is 65.7 Å². The van der Waals surface area contributed by atoms with Gasteiger partial charge in [-0.2, -0.15) is 13.2 Å². The lowest BCUT2D eigenvalue weighted by Crippen LogP contribution is -2.18. The SMILES string of the molecule is COc1ccc2nc3ccc(C(F)(F)F)cc3c(Nc3ccc(O)c(CN4CCCC4)c3)c2c1. The quantitative estimate of drug-likeness (QED) is 0.261. The van der Waals surface area contributed by atoms with Gasteiger partial charge in [-0.1, -0.05) is 0 Å².